The number of aromatic amines is 2. The lowest BCUT2D eigenvalue weighted by molar-refractivity contribution is 0.460. The van der Waals surface area contributed by atoms with Crippen LogP contribution in [0.25, 0.3) is 0 Å². The lowest BCUT2D eigenvalue weighted by Crippen LogP contribution is -2.01. The van der Waals surface area contributed by atoms with Gasteiger partial charge in [0.2, 0.25) is 0 Å². The normalized spacial score (nSPS) is 11.7. The summed E-state index contributed by atoms with van der Waals surface area (Å²) in [6.45, 7) is 0. The van der Waals surface area contributed by atoms with Gasteiger partial charge >= 0.3 is 0 Å². The van der Waals surface area contributed by atoms with Gasteiger partial charge in [0.15, 0.2) is 0 Å². The fourth-order valence-corrected chi connectivity index (χ4v) is 8.42. The highest BCUT2D eigenvalue weighted by atomic mass is 32.2. The van der Waals surface area contributed by atoms with Gasteiger partial charge in [0.25, 0.3) is 0 Å². The van der Waals surface area contributed by atoms with Crippen molar-refractivity contribution in [3.05, 3.63) is 212 Å². The standard InChI is InChI=1S/C13H10O.C13H10S.C9H10N2.C9H8S2/c2*1-3-7-12-10(5-1)9-11-6-2-4-8-13(11)14-12;2*1-3-8(10-5-1)7-9-4-2-6-11-9/h2*1-8H,9H2;1-6,10-11H,7H2;1-6H,7H2. The third-order valence-corrected chi connectivity index (χ3v) is 11.3. The van der Waals surface area contributed by atoms with E-state index in [9.17, 15) is 0 Å². The van der Waals surface area contributed by atoms with Crippen molar-refractivity contribution in [1.82, 2.24) is 9.97 Å². The molecule has 50 heavy (non-hydrogen) atoms. The van der Waals surface area contributed by atoms with E-state index in [2.05, 4.69) is 130 Å². The van der Waals surface area contributed by atoms with Crippen molar-refractivity contribution in [1.29, 1.82) is 0 Å². The quantitative estimate of drug-likeness (QED) is 0.191. The number of thiophene rings is 2. The van der Waals surface area contributed by atoms with Gasteiger partial charge in [0, 0.05) is 62.6 Å². The van der Waals surface area contributed by atoms with Crippen LogP contribution in [-0.2, 0) is 25.7 Å². The number of rotatable bonds is 4. The molecule has 0 saturated carbocycles. The Morgan fingerprint density at radius 1 is 0.440 bits per heavy atom. The number of hydrogen-bond donors (Lipinski definition) is 2. The Labute approximate surface area is 306 Å². The Morgan fingerprint density at radius 2 is 0.900 bits per heavy atom. The third kappa shape index (κ3) is 9.16. The summed E-state index contributed by atoms with van der Waals surface area (Å²) in [4.78, 5) is 12.0. The highest BCUT2D eigenvalue weighted by Gasteiger charge is 2.15. The van der Waals surface area contributed by atoms with E-state index in [1.807, 2.05) is 83.2 Å². The van der Waals surface area contributed by atoms with E-state index in [4.69, 9.17) is 4.74 Å². The van der Waals surface area contributed by atoms with Crippen molar-refractivity contribution in [2.24, 2.45) is 0 Å². The van der Waals surface area contributed by atoms with Crippen LogP contribution >= 0.6 is 34.4 Å². The maximum atomic E-state index is 5.78. The molecular formula is C44H38N2OS3. The Kier molecular flexibility index (Phi) is 11.4. The molecule has 0 atom stereocenters. The number of aromatic nitrogens is 2. The summed E-state index contributed by atoms with van der Waals surface area (Å²) in [6, 6.07) is 50.5. The van der Waals surface area contributed by atoms with E-state index in [1.54, 1.807) is 0 Å². The summed E-state index contributed by atoms with van der Waals surface area (Å²) in [6.07, 6.45) is 8.01. The number of para-hydroxylation sites is 2. The van der Waals surface area contributed by atoms with Crippen LogP contribution in [0.15, 0.2) is 179 Å². The van der Waals surface area contributed by atoms with Gasteiger partial charge in [0.05, 0.1) is 0 Å². The number of ether oxygens (including phenoxy) is 1. The first-order chi connectivity index (χ1) is 24.8. The molecule has 2 aliphatic heterocycles. The number of hydrogen-bond acceptors (Lipinski definition) is 4. The molecule has 0 bridgehead atoms. The van der Waals surface area contributed by atoms with Gasteiger partial charge in [-0.2, -0.15) is 0 Å². The van der Waals surface area contributed by atoms with E-state index >= 15 is 0 Å². The van der Waals surface area contributed by atoms with Crippen molar-refractivity contribution < 1.29 is 4.74 Å². The molecule has 0 fully saturated rings. The summed E-state index contributed by atoms with van der Waals surface area (Å²) in [7, 11) is 0. The molecule has 0 radical (unpaired) electrons. The topological polar surface area (TPSA) is 40.8 Å². The number of nitrogens with one attached hydrogen (secondary N) is 2. The summed E-state index contributed by atoms with van der Waals surface area (Å²) in [5.74, 6) is 1.98. The summed E-state index contributed by atoms with van der Waals surface area (Å²) in [5, 5.41) is 4.26. The molecular weight excluding hydrogens is 669 g/mol. The molecule has 6 heteroatoms. The molecule has 6 heterocycles. The van der Waals surface area contributed by atoms with E-state index in [0.29, 0.717) is 0 Å². The molecule has 8 aromatic rings. The minimum atomic E-state index is 0.958. The molecule has 0 spiro atoms. The zero-order chi connectivity index (χ0) is 33.8. The second kappa shape index (κ2) is 17.1. The minimum Gasteiger partial charge on any atom is -0.457 e. The van der Waals surface area contributed by atoms with Crippen LogP contribution in [0, 0.1) is 0 Å². The Balaban J connectivity index is 0.000000105. The van der Waals surface area contributed by atoms with E-state index in [0.717, 1.165) is 37.2 Å². The second-order valence-corrected chi connectivity index (χ2v) is 15.0. The summed E-state index contributed by atoms with van der Waals surface area (Å²) >= 11 is 5.54. The minimum absolute atomic E-state index is 0.958. The molecule has 0 aliphatic carbocycles. The van der Waals surface area contributed by atoms with Crippen LogP contribution in [0.4, 0.5) is 0 Å². The van der Waals surface area contributed by atoms with Crippen LogP contribution in [0.5, 0.6) is 11.5 Å². The number of fused-ring (bicyclic) bond motifs is 4. The Hall–Kier alpha value is -5.01. The molecule has 2 N–H and O–H groups in total. The predicted molar refractivity (Wildman–Crippen MR) is 211 cm³/mol. The fraction of sp³-hybridized carbons (Fsp3) is 0.0909. The van der Waals surface area contributed by atoms with Crippen LogP contribution in [-0.4, -0.2) is 9.97 Å². The van der Waals surface area contributed by atoms with Gasteiger partial charge < -0.3 is 14.7 Å². The largest absolute Gasteiger partial charge is 0.457 e. The number of benzene rings is 4. The molecule has 2 aliphatic rings. The van der Waals surface area contributed by atoms with Crippen molar-refractivity contribution >= 4 is 34.4 Å². The van der Waals surface area contributed by atoms with Gasteiger partial charge in [-0.05, 0) is 100 Å². The molecule has 4 aromatic carbocycles. The third-order valence-electron chi connectivity index (χ3n) is 8.31. The maximum Gasteiger partial charge on any atom is 0.130 e. The highest BCUT2D eigenvalue weighted by molar-refractivity contribution is 7.99. The van der Waals surface area contributed by atoms with E-state index in [-0.39, 0.29) is 0 Å². The molecule has 3 nitrogen and oxygen atoms in total. The van der Waals surface area contributed by atoms with Gasteiger partial charge in [-0.1, -0.05) is 96.7 Å². The monoisotopic (exact) mass is 706 g/mol. The fourth-order valence-electron chi connectivity index (χ4n) is 5.80. The van der Waals surface area contributed by atoms with Crippen molar-refractivity contribution in [2.45, 2.75) is 35.5 Å². The molecule has 10 rings (SSSR count). The van der Waals surface area contributed by atoms with Gasteiger partial charge in [-0.3, -0.25) is 0 Å². The highest BCUT2D eigenvalue weighted by Crippen LogP contribution is 2.39. The SMILES string of the molecule is c1c[nH]c(Cc2ccc[nH]2)c1.c1ccc2c(c1)Cc1ccccc1O2.c1ccc2c(c1)Cc1ccccc1S2.c1csc(Cc2cccs2)c1. The summed E-state index contributed by atoms with van der Waals surface area (Å²) in [5.41, 5.74) is 7.93. The molecule has 0 amide bonds. The average molecular weight is 707 g/mol. The zero-order valence-corrected chi connectivity index (χ0v) is 30.1. The lowest BCUT2D eigenvalue weighted by Gasteiger charge is -2.19. The first-order valence-electron chi connectivity index (χ1n) is 16.7. The number of H-pyrrole nitrogens is 2. The van der Waals surface area contributed by atoms with E-state index in [1.165, 1.54) is 53.2 Å². The van der Waals surface area contributed by atoms with Crippen molar-refractivity contribution in [3.63, 3.8) is 0 Å². The smallest absolute Gasteiger partial charge is 0.130 e. The Morgan fingerprint density at radius 3 is 1.36 bits per heavy atom. The van der Waals surface area contributed by atoms with Crippen molar-refractivity contribution in [2.75, 3.05) is 0 Å². The Bertz CT molecular complexity index is 1770. The average Bonchev–Trinajstić information content (AvgIpc) is 4.02. The van der Waals surface area contributed by atoms with Crippen LogP contribution < -0.4 is 4.74 Å². The lowest BCUT2D eigenvalue weighted by atomic mass is 10.0. The first-order valence-corrected chi connectivity index (χ1v) is 19.3. The van der Waals surface area contributed by atoms with Gasteiger partial charge in [-0.25, -0.2) is 0 Å². The molecule has 0 unspecified atom stereocenters. The second-order valence-electron chi connectivity index (χ2n) is 11.9. The van der Waals surface area contributed by atoms with E-state index < -0.39 is 0 Å². The van der Waals surface area contributed by atoms with Crippen LogP contribution in [0.1, 0.15) is 43.4 Å². The molecule has 4 aromatic heterocycles. The molecule has 0 saturated heterocycles. The van der Waals surface area contributed by atoms with Crippen LogP contribution in [0.2, 0.25) is 0 Å². The first kappa shape index (κ1) is 33.5. The predicted octanol–water partition coefficient (Wildman–Crippen LogP) is 12.5. The summed E-state index contributed by atoms with van der Waals surface area (Å²) < 4.78 is 5.78. The van der Waals surface area contributed by atoms with Gasteiger partial charge in [0.1, 0.15) is 11.5 Å². The molecule has 248 valence electrons. The maximum absolute atomic E-state index is 5.78. The zero-order valence-electron chi connectivity index (χ0n) is 27.6. The van der Waals surface area contributed by atoms with Crippen LogP contribution in [0.3, 0.4) is 0 Å². The van der Waals surface area contributed by atoms with Gasteiger partial charge in [-0.15, -0.1) is 22.7 Å². The van der Waals surface area contributed by atoms with Crippen molar-refractivity contribution in [3.8, 4) is 11.5 Å².